The van der Waals surface area contributed by atoms with Crippen LogP contribution in [0.2, 0.25) is 0 Å². The minimum atomic E-state index is 0.559. The maximum Gasteiger partial charge on any atom is 0.0578 e. The highest BCUT2D eigenvalue weighted by Gasteiger charge is 2.36. The van der Waals surface area contributed by atoms with E-state index in [1.807, 2.05) is 0 Å². The zero-order chi connectivity index (χ0) is 20.8. The highest BCUT2D eigenvalue weighted by Crippen LogP contribution is 2.47. The average Bonchev–Trinajstić information content (AvgIpc) is 2.78. The molecular formula is C29H46O. The zero-order valence-corrected chi connectivity index (χ0v) is 19.8. The van der Waals surface area contributed by atoms with E-state index in [0.29, 0.717) is 6.10 Å². The van der Waals surface area contributed by atoms with Gasteiger partial charge in [0.15, 0.2) is 0 Å². The summed E-state index contributed by atoms with van der Waals surface area (Å²) < 4.78 is 6.28. The van der Waals surface area contributed by atoms with Gasteiger partial charge in [0.1, 0.15) is 0 Å². The standard InChI is InChI=1S/C29H46O/c1-3-5-6-7-17-30-29-16-15-27-20-26(13-14-28(27)21-29)25-12-11-23-18-22(8-4-2)9-10-24(23)19-25/h11-12,19,22,26-29H,3-10,13-18,20-21H2,1-2H3. The van der Waals surface area contributed by atoms with Gasteiger partial charge in [-0.3, -0.25) is 0 Å². The topological polar surface area (TPSA) is 9.23 Å². The normalized spacial score (nSPS) is 31.2. The predicted molar refractivity (Wildman–Crippen MR) is 128 cm³/mol. The van der Waals surface area contributed by atoms with Crippen LogP contribution in [0.5, 0.6) is 0 Å². The lowest BCUT2D eigenvalue weighted by atomic mass is 9.65. The van der Waals surface area contributed by atoms with Crippen molar-refractivity contribution >= 4 is 0 Å². The third kappa shape index (κ3) is 5.70. The third-order valence-electron chi connectivity index (χ3n) is 8.65. The van der Waals surface area contributed by atoms with Gasteiger partial charge >= 0.3 is 0 Å². The lowest BCUT2D eigenvalue weighted by Crippen LogP contribution is -2.34. The lowest BCUT2D eigenvalue weighted by molar-refractivity contribution is -0.0163. The molecule has 0 saturated heterocycles. The first kappa shape index (κ1) is 22.4. The van der Waals surface area contributed by atoms with E-state index in [9.17, 15) is 0 Å². The van der Waals surface area contributed by atoms with Crippen LogP contribution in [0, 0.1) is 17.8 Å². The molecule has 168 valence electrons. The van der Waals surface area contributed by atoms with Gasteiger partial charge in [-0.25, -0.2) is 0 Å². The number of hydrogen-bond donors (Lipinski definition) is 0. The molecule has 1 heteroatoms. The van der Waals surface area contributed by atoms with Crippen LogP contribution >= 0.6 is 0 Å². The van der Waals surface area contributed by atoms with Crippen LogP contribution in [0.3, 0.4) is 0 Å². The second-order valence-electron chi connectivity index (χ2n) is 10.8. The van der Waals surface area contributed by atoms with Gasteiger partial charge in [-0.1, -0.05) is 64.2 Å². The number of rotatable bonds is 9. The number of fused-ring (bicyclic) bond motifs is 2. The van der Waals surface area contributed by atoms with Crippen molar-refractivity contribution in [3.05, 3.63) is 34.9 Å². The second kappa shape index (κ2) is 11.2. The summed E-state index contributed by atoms with van der Waals surface area (Å²) in [7, 11) is 0. The number of benzene rings is 1. The van der Waals surface area contributed by atoms with Gasteiger partial charge in [0.05, 0.1) is 6.10 Å². The summed E-state index contributed by atoms with van der Waals surface area (Å²) in [5.41, 5.74) is 5.01. The molecule has 0 radical (unpaired) electrons. The van der Waals surface area contributed by atoms with Gasteiger partial charge in [-0.05, 0) is 105 Å². The molecule has 0 bridgehead atoms. The van der Waals surface area contributed by atoms with Crippen molar-refractivity contribution in [2.45, 2.75) is 122 Å². The Morgan fingerprint density at radius 3 is 2.57 bits per heavy atom. The van der Waals surface area contributed by atoms with E-state index < -0.39 is 0 Å². The first-order chi connectivity index (χ1) is 14.8. The van der Waals surface area contributed by atoms with Gasteiger partial charge in [-0.2, -0.15) is 0 Å². The van der Waals surface area contributed by atoms with Gasteiger partial charge in [0.2, 0.25) is 0 Å². The summed E-state index contributed by atoms with van der Waals surface area (Å²) in [5, 5.41) is 0. The largest absolute Gasteiger partial charge is 0.378 e. The average molecular weight is 411 g/mol. The van der Waals surface area contributed by atoms with Crippen LogP contribution in [-0.2, 0) is 17.6 Å². The second-order valence-corrected chi connectivity index (χ2v) is 10.8. The molecule has 0 aliphatic heterocycles. The SMILES string of the molecule is CCCCCCOC1CCC2CC(c3ccc4c(c3)CCC(CCC)C4)CCC2C1. The smallest absolute Gasteiger partial charge is 0.0578 e. The Morgan fingerprint density at radius 2 is 1.70 bits per heavy atom. The van der Waals surface area contributed by atoms with Crippen LogP contribution in [0.1, 0.15) is 120 Å². The van der Waals surface area contributed by atoms with Crippen molar-refractivity contribution in [1.82, 2.24) is 0 Å². The number of aryl methyl sites for hydroxylation is 1. The molecule has 3 aliphatic rings. The molecule has 1 aromatic carbocycles. The lowest BCUT2D eigenvalue weighted by Gasteiger charge is -2.42. The van der Waals surface area contributed by atoms with Gasteiger partial charge in [0, 0.05) is 6.61 Å². The predicted octanol–water partition coefficient (Wildman–Crippen LogP) is 8.24. The van der Waals surface area contributed by atoms with E-state index in [2.05, 4.69) is 32.0 Å². The van der Waals surface area contributed by atoms with Crippen LogP contribution in [0.4, 0.5) is 0 Å². The van der Waals surface area contributed by atoms with E-state index in [-0.39, 0.29) is 0 Å². The Bertz CT molecular complexity index is 650. The maximum absolute atomic E-state index is 6.28. The van der Waals surface area contributed by atoms with E-state index >= 15 is 0 Å². The Balaban J connectivity index is 1.26. The molecule has 0 heterocycles. The zero-order valence-electron chi connectivity index (χ0n) is 19.8. The summed E-state index contributed by atoms with van der Waals surface area (Å²) in [6.45, 7) is 5.62. The molecule has 30 heavy (non-hydrogen) atoms. The summed E-state index contributed by atoms with van der Waals surface area (Å²) in [5.74, 6) is 3.64. The molecule has 5 atom stereocenters. The van der Waals surface area contributed by atoms with Crippen molar-refractivity contribution in [3.8, 4) is 0 Å². The monoisotopic (exact) mass is 410 g/mol. The van der Waals surface area contributed by atoms with Gasteiger partial charge in [-0.15, -0.1) is 0 Å². The van der Waals surface area contributed by atoms with Gasteiger partial charge < -0.3 is 4.74 Å². The van der Waals surface area contributed by atoms with Crippen LogP contribution in [0.25, 0.3) is 0 Å². The summed E-state index contributed by atoms with van der Waals surface area (Å²) in [4.78, 5) is 0. The summed E-state index contributed by atoms with van der Waals surface area (Å²) >= 11 is 0. The van der Waals surface area contributed by atoms with E-state index in [1.165, 1.54) is 96.3 Å². The summed E-state index contributed by atoms with van der Waals surface area (Å²) in [6, 6.07) is 7.62. The molecule has 3 aliphatic carbocycles. The Kier molecular flexibility index (Phi) is 8.33. The molecule has 0 amide bonds. The first-order valence-corrected chi connectivity index (χ1v) is 13.5. The maximum atomic E-state index is 6.28. The van der Waals surface area contributed by atoms with Crippen LogP contribution in [0.15, 0.2) is 18.2 Å². The highest BCUT2D eigenvalue weighted by atomic mass is 16.5. The van der Waals surface area contributed by atoms with Crippen LogP contribution < -0.4 is 0 Å². The molecule has 0 aromatic heterocycles. The van der Waals surface area contributed by atoms with E-state index in [0.717, 1.165) is 30.3 Å². The van der Waals surface area contributed by atoms with E-state index in [4.69, 9.17) is 4.74 Å². The Labute approximate surface area is 186 Å². The molecule has 2 fully saturated rings. The van der Waals surface area contributed by atoms with Crippen LogP contribution in [-0.4, -0.2) is 12.7 Å². The summed E-state index contributed by atoms with van der Waals surface area (Å²) in [6.07, 6.45) is 21.0. The van der Waals surface area contributed by atoms with Crippen molar-refractivity contribution in [1.29, 1.82) is 0 Å². The Hall–Kier alpha value is -0.820. The molecule has 1 aromatic rings. The number of hydrogen-bond acceptors (Lipinski definition) is 1. The first-order valence-electron chi connectivity index (χ1n) is 13.5. The van der Waals surface area contributed by atoms with Crippen molar-refractivity contribution in [2.24, 2.45) is 17.8 Å². The molecule has 5 unspecified atom stereocenters. The molecule has 0 N–H and O–H groups in total. The van der Waals surface area contributed by atoms with Crippen molar-refractivity contribution in [2.75, 3.05) is 6.61 Å². The minimum Gasteiger partial charge on any atom is -0.378 e. The fourth-order valence-corrected chi connectivity index (χ4v) is 6.84. The Morgan fingerprint density at radius 1 is 0.833 bits per heavy atom. The fraction of sp³-hybridized carbons (Fsp3) is 0.793. The molecule has 1 nitrogen and oxygen atoms in total. The number of unbranched alkanes of at least 4 members (excludes halogenated alkanes) is 3. The van der Waals surface area contributed by atoms with Crippen molar-refractivity contribution in [3.63, 3.8) is 0 Å². The number of ether oxygens (including phenoxy) is 1. The fourth-order valence-electron chi connectivity index (χ4n) is 6.84. The highest BCUT2D eigenvalue weighted by molar-refractivity contribution is 5.36. The van der Waals surface area contributed by atoms with Gasteiger partial charge in [0.25, 0.3) is 0 Å². The quantitative estimate of drug-likeness (QED) is 0.372. The molecular weight excluding hydrogens is 364 g/mol. The molecule has 2 saturated carbocycles. The molecule has 4 rings (SSSR count). The van der Waals surface area contributed by atoms with Crippen molar-refractivity contribution < 1.29 is 4.74 Å². The third-order valence-corrected chi connectivity index (χ3v) is 8.65. The minimum absolute atomic E-state index is 0.559. The van der Waals surface area contributed by atoms with E-state index in [1.54, 1.807) is 16.7 Å². The molecule has 0 spiro atoms.